The molecule has 0 saturated heterocycles. The van der Waals surface area contributed by atoms with Crippen LogP contribution in [0.5, 0.6) is 11.5 Å². The van der Waals surface area contributed by atoms with Gasteiger partial charge >= 0.3 is 0 Å². The Kier molecular flexibility index (Phi) is 10.6. The fourth-order valence-corrected chi connectivity index (χ4v) is 6.26. The van der Waals surface area contributed by atoms with Gasteiger partial charge in [0.25, 0.3) is 10.0 Å². The molecule has 0 aromatic heterocycles. The smallest absolute Gasteiger partial charge is 0.264 e. The molecule has 2 amide bonds. The quantitative estimate of drug-likeness (QED) is 0.236. The molecule has 4 aromatic rings. The first kappa shape index (κ1) is 32.1. The van der Waals surface area contributed by atoms with Crippen molar-refractivity contribution in [1.82, 2.24) is 10.2 Å². The SMILES string of the molecule is CNC(=O)C(Cc1ccccc1)N(Cc1ccc(C)cc1)C(=O)CN(c1ccccc1OC)S(=O)(=O)c1ccc(OC)cc1. The normalized spacial score (nSPS) is 11.7. The maximum absolute atomic E-state index is 14.4. The number of amides is 2. The lowest BCUT2D eigenvalue weighted by molar-refractivity contribution is -0.139. The largest absolute Gasteiger partial charge is 0.497 e. The lowest BCUT2D eigenvalue weighted by Gasteiger charge is -2.34. The van der Waals surface area contributed by atoms with Crippen molar-refractivity contribution in [1.29, 1.82) is 0 Å². The fourth-order valence-electron chi connectivity index (χ4n) is 4.83. The van der Waals surface area contributed by atoms with Crippen LogP contribution in [0.15, 0.2) is 108 Å². The van der Waals surface area contributed by atoms with E-state index >= 15 is 0 Å². The van der Waals surface area contributed by atoms with Gasteiger partial charge in [-0.1, -0.05) is 72.3 Å². The minimum atomic E-state index is -4.28. The minimum absolute atomic E-state index is 0.0331. The Morgan fingerprint density at radius 3 is 2.05 bits per heavy atom. The molecule has 0 aliphatic heterocycles. The van der Waals surface area contributed by atoms with Crippen molar-refractivity contribution in [3.05, 3.63) is 120 Å². The zero-order valence-electron chi connectivity index (χ0n) is 25.3. The zero-order chi connectivity index (χ0) is 31.7. The molecule has 0 aliphatic carbocycles. The van der Waals surface area contributed by atoms with Crippen LogP contribution in [0.4, 0.5) is 5.69 Å². The van der Waals surface area contributed by atoms with Crippen LogP contribution in [-0.2, 0) is 32.6 Å². The molecule has 9 nitrogen and oxygen atoms in total. The van der Waals surface area contributed by atoms with Crippen molar-refractivity contribution in [3.8, 4) is 11.5 Å². The van der Waals surface area contributed by atoms with Crippen LogP contribution in [0.2, 0.25) is 0 Å². The van der Waals surface area contributed by atoms with Gasteiger partial charge in [-0.2, -0.15) is 0 Å². The van der Waals surface area contributed by atoms with Crippen molar-refractivity contribution >= 4 is 27.5 Å². The van der Waals surface area contributed by atoms with Crippen LogP contribution in [0.1, 0.15) is 16.7 Å². The molecule has 0 spiro atoms. The second kappa shape index (κ2) is 14.6. The van der Waals surface area contributed by atoms with Gasteiger partial charge in [-0.15, -0.1) is 0 Å². The second-order valence-corrected chi connectivity index (χ2v) is 12.0. The predicted octanol–water partition coefficient (Wildman–Crippen LogP) is 4.59. The number of nitrogens with one attached hydrogen (secondary N) is 1. The Balaban J connectivity index is 1.81. The molecule has 0 radical (unpaired) electrons. The first-order valence-corrected chi connectivity index (χ1v) is 15.5. The molecule has 1 unspecified atom stereocenters. The Morgan fingerprint density at radius 2 is 1.43 bits per heavy atom. The molecule has 0 aliphatic rings. The number of rotatable bonds is 13. The number of nitrogens with zero attached hydrogens (tertiary/aromatic N) is 2. The maximum atomic E-state index is 14.4. The van der Waals surface area contributed by atoms with E-state index in [0.717, 1.165) is 21.0 Å². The zero-order valence-corrected chi connectivity index (χ0v) is 26.1. The molecule has 44 heavy (non-hydrogen) atoms. The standard InChI is InChI=1S/C34H37N3O6S/c1-25-14-16-27(17-15-25)23-36(31(34(39)35-2)22-26-10-6-5-7-11-26)33(38)24-37(30-12-8-9-13-32(30)43-4)44(40,41)29-20-18-28(42-3)19-21-29/h5-21,31H,22-24H2,1-4H3,(H,35,39). The van der Waals surface area contributed by atoms with Crippen LogP contribution in [0, 0.1) is 6.92 Å². The number of carbonyl (C=O) groups is 2. The van der Waals surface area contributed by atoms with E-state index in [-0.39, 0.29) is 35.2 Å². The summed E-state index contributed by atoms with van der Waals surface area (Å²) in [5, 5.41) is 2.69. The molecule has 0 bridgehead atoms. The Morgan fingerprint density at radius 1 is 0.795 bits per heavy atom. The molecule has 1 atom stereocenters. The third-order valence-electron chi connectivity index (χ3n) is 7.27. The number of carbonyl (C=O) groups excluding carboxylic acids is 2. The highest BCUT2D eigenvalue weighted by atomic mass is 32.2. The Labute approximate surface area is 259 Å². The molecular formula is C34H37N3O6S. The highest BCUT2D eigenvalue weighted by Gasteiger charge is 2.35. The molecule has 0 heterocycles. The third kappa shape index (κ3) is 7.57. The number of anilines is 1. The Hall–Kier alpha value is -4.83. The molecule has 0 saturated carbocycles. The van der Waals surface area contributed by atoms with Crippen LogP contribution in [0.3, 0.4) is 0 Å². The lowest BCUT2D eigenvalue weighted by atomic mass is 10.0. The topological polar surface area (TPSA) is 105 Å². The van der Waals surface area contributed by atoms with Gasteiger partial charge in [-0.05, 0) is 54.4 Å². The first-order valence-electron chi connectivity index (χ1n) is 14.1. The average Bonchev–Trinajstić information content (AvgIpc) is 3.06. The number of likely N-dealkylation sites (N-methyl/N-ethyl adjacent to an activating group) is 1. The second-order valence-electron chi connectivity index (χ2n) is 10.2. The van der Waals surface area contributed by atoms with Crippen molar-refractivity contribution in [3.63, 3.8) is 0 Å². The monoisotopic (exact) mass is 615 g/mol. The minimum Gasteiger partial charge on any atom is -0.497 e. The highest BCUT2D eigenvalue weighted by molar-refractivity contribution is 7.92. The van der Waals surface area contributed by atoms with Gasteiger partial charge in [-0.25, -0.2) is 8.42 Å². The number of para-hydroxylation sites is 2. The van der Waals surface area contributed by atoms with Gasteiger partial charge in [0.1, 0.15) is 24.1 Å². The van der Waals surface area contributed by atoms with Crippen molar-refractivity contribution in [2.75, 3.05) is 32.1 Å². The van der Waals surface area contributed by atoms with Crippen LogP contribution in [-0.4, -0.2) is 59.0 Å². The number of methoxy groups -OCH3 is 2. The van der Waals surface area contributed by atoms with E-state index in [2.05, 4.69) is 5.32 Å². The summed E-state index contributed by atoms with van der Waals surface area (Å²) >= 11 is 0. The average molecular weight is 616 g/mol. The number of hydrogen-bond acceptors (Lipinski definition) is 6. The molecule has 230 valence electrons. The molecule has 4 aromatic carbocycles. The van der Waals surface area contributed by atoms with Crippen molar-refractivity contribution < 1.29 is 27.5 Å². The number of sulfonamides is 1. The van der Waals surface area contributed by atoms with Gasteiger partial charge in [0.05, 0.1) is 24.8 Å². The number of hydrogen-bond donors (Lipinski definition) is 1. The number of aryl methyl sites for hydroxylation is 1. The van der Waals surface area contributed by atoms with Gasteiger partial charge < -0.3 is 19.7 Å². The molecule has 4 rings (SSSR count). The highest BCUT2D eigenvalue weighted by Crippen LogP contribution is 2.33. The molecular weight excluding hydrogens is 578 g/mol. The van der Waals surface area contributed by atoms with E-state index in [1.807, 2.05) is 61.5 Å². The summed E-state index contributed by atoms with van der Waals surface area (Å²) in [6.45, 7) is 1.47. The van der Waals surface area contributed by atoms with Gasteiger partial charge in [0.15, 0.2) is 0 Å². The van der Waals surface area contributed by atoms with Gasteiger partial charge in [-0.3, -0.25) is 13.9 Å². The van der Waals surface area contributed by atoms with Gasteiger partial charge in [0.2, 0.25) is 11.8 Å². The summed E-state index contributed by atoms with van der Waals surface area (Å²) in [5.41, 5.74) is 2.89. The predicted molar refractivity (Wildman–Crippen MR) is 170 cm³/mol. The van der Waals surface area contributed by atoms with Crippen molar-refractivity contribution in [2.24, 2.45) is 0 Å². The fraction of sp³-hybridized carbons (Fsp3) is 0.235. The summed E-state index contributed by atoms with van der Waals surface area (Å²) in [6, 6.07) is 28.7. The molecule has 1 N–H and O–H groups in total. The van der Waals surface area contributed by atoms with E-state index < -0.39 is 28.5 Å². The Bertz CT molecular complexity index is 1660. The van der Waals surface area contributed by atoms with E-state index in [1.165, 1.54) is 38.3 Å². The summed E-state index contributed by atoms with van der Waals surface area (Å²) in [4.78, 5) is 29.2. The van der Waals surface area contributed by atoms with Crippen molar-refractivity contribution in [2.45, 2.75) is 30.8 Å². The number of benzene rings is 4. The van der Waals surface area contributed by atoms with E-state index in [4.69, 9.17) is 9.47 Å². The number of ether oxygens (including phenoxy) is 2. The van der Waals surface area contributed by atoms with E-state index in [1.54, 1.807) is 36.4 Å². The summed E-state index contributed by atoms with van der Waals surface area (Å²) in [6.07, 6.45) is 0.234. The van der Waals surface area contributed by atoms with Crippen LogP contribution in [0.25, 0.3) is 0 Å². The van der Waals surface area contributed by atoms with Crippen LogP contribution < -0.4 is 19.1 Å². The first-order chi connectivity index (χ1) is 21.2. The molecule has 10 heteroatoms. The maximum Gasteiger partial charge on any atom is 0.264 e. The lowest BCUT2D eigenvalue weighted by Crippen LogP contribution is -2.53. The third-order valence-corrected chi connectivity index (χ3v) is 9.05. The van der Waals surface area contributed by atoms with E-state index in [9.17, 15) is 18.0 Å². The van der Waals surface area contributed by atoms with Gasteiger partial charge in [0, 0.05) is 20.0 Å². The summed E-state index contributed by atoms with van der Waals surface area (Å²) < 4.78 is 40.1. The van der Waals surface area contributed by atoms with Crippen LogP contribution >= 0.6 is 0 Å². The summed E-state index contributed by atoms with van der Waals surface area (Å²) in [5.74, 6) is -0.161. The van der Waals surface area contributed by atoms with E-state index in [0.29, 0.717) is 5.75 Å². The summed E-state index contributed by atoms with van der Waals surface area (Å²) in [7, 11) is 0.163. The molecule has 0 fully saturated rings.